The van der Waals surface area contributed by atoms with Crippen LogP contribution in [0.25, 0.3) is 10.2 Å². The Bertz CT molecular complexity index is 707. The second-order valence-electron chi connectivity index (χ2n) is 5.33. The fourth-order valence-corrected chi connectivity index (χ4v) is 3.24. The molecule has 6 heteroatoms. The van der Waals surface area contributed by atoms with E-state index < -0.39 is 0 Å². The molecule has 0 atom stereocenters. The number of nitrogens with one attached hydrogen (secondary N) is 1. The predicted molar refractivity (Wildman–Crippen MR) is 87.5 cm³/mol. The molecule has 21 heavy (non-hydrogen) atoms. The average molecular weight is 302 g/mol. The summed E-state index contributed by atoms with van der Waals surface area (Å²) >= 11 is 1.45. The molecule has 1 aliphatic heterocycles. The summed E-state index contributed by atoms with van der Waals surface area (Å²) in [5.41, 5.74) is 8.72. The third-order valence-corrected chi connectivity index (χ3v) is 4.48. The van der Waals surface area contributed by atoms with E-state index in [1.54, 1.807) is 0 Å². The molecular weight excluding hydrogens is 284 g/mol. The average Bonchev–Trinajstić information content (AvgIpc) is 2.82. The highest BCUT2D eigenvalue weighted by Gasteiger charge is 2.14. The first kappa shape index (κ1) is 14.0. The van der Waals surface area contributed by atoms with E-state index in [-0.39, 0.29) is 5.91 Å². The fraction of sp³-hybridized carbons (Fsp3) is 0.333. The van der Waals surface area contributed by atoms with Gasteiger partial charge in [-0.1, -0.05) is 23.0 Å². The number of anilines is 2. The van der Waals surface area contributed by atoms with Crippen LogP contribution in [0.4, 0.5) is 10.8 Å². The number of thiazole rings is 1. The Morgan fingerprint density at radius 2 is 2.38 bits per heavy atom. The molecule has 3 rings (SSSR count). The van der Waals surface area contributed by atoms with Gasteiger partial charge in [0.05, 0.1) is 16.8 Å². The number of benzene rings is 1. The van der Waals surface area contributed by atoms with Crippen molar-refractivity contribution in [3.05, 3.63) is 29.8 Å². The predicted octanol–water partition coefficient (Wildman–Crippen LogP) is 2.47. The first-order chi connectivity index (χ1) is 10.1. The summed E-state index contributed by atoms with van der Waals surface area (Å²) in [6.07, 6.45) is 3.21. The standard InChI is InChI=1S/C15H18N4OS/c1-10-4-6-19(7-5-10)9-14(20)18-15-17-12-3-2-11(16)8-13(12)21-15/h2-4,8H,5-7,9,16H2,1H3,(H,17,18,20). The summed E-state index contributed by atoms with van der Waals surface area (Å²) in [6.45, 7) is 4.31. The van der Waals surface area contributed by atoms with Gasteiger partial charge in [0.25, 0.3) is 0 Å². The van der Waals surface area contributed by atoms with Crippen molar-refractivity contribution in [2.45, 2.75) is 13.3 Å². The highest BCUT2D eigenvalue weighted by atomic mass is 32.1. The van der Waals surface area contributed by atoms with Crippen molar-refractivity contribution in [2.75, 3.05) is 30.7 Å². The molecule has 1 amide bonds. The van der Waals surface area contributed by atoms with Crippen molar-refractivity contribution < 1.29 is 4.79 Å². The number of amides is 1. The maximum Gasteiger partial charge on any atom is 0.240 e. The number of carbonyl (C=O) groups is 1. The SMILES string of the molecule is CC1=CCN(CC(=O)Nc2nc3ccc(N)cc3s2)CC1. The molecule has 5 nitrogen and oxygen atoms in total. The van der Waals surface area contributed by atoms with Gasteiger partial charge in [-0.15, -0.1) is 0 Å². The van der Waals surface area contributed by atoms with Gasteiger partial charge < -0.3 is 11.1 Å². The fourth-order valence-electron chi connectivity index (χ4n) is 2.31. The molecule has 3 N–H and O–H groups in total. The Balaban J connectivity index is 1.63. The van der Waals surface area contributed by atoms with E-state index in [0.717, 1.165) is 29.7 Å². The molecule has 0 saturated carbocycles. The molecule has 0 bridgehead atoms. The highest BCUT2D eigenvalue weighted by molar-refractivity contribution is 7.22. The minimum atomic E-state index is -0.0185. The Labute approximate surface area is 127 Å². The second kappa shape index (κ2) is 5.83. The van der Waals surface area contributed by atoms with Crippen LogP contribution in [0.1, 0.15) is 13.3 Å². The molecule has 2 aromatic rings. The minimum Gasteiger partial charge on any atom is -0.399 e. The molecule has 0 unspecified atom stereocenters. The summed E-state index contributed by atoms with van der Waals surface area (Å²) in [5.74, 6) is -0.0185. The van der Waals surface area contributed by atoms with Gasteiger partial charge in [0.2, 0.25) is 5.91 Å². The smallest absolute Gasteiger partial charge is 0.240 e. The minimum absolute atomic E-state index is 0.0185. The van der Waals surface area contributed by atoms with Crippen LogP contribution < -0.4 is 11.1 Å². The van der Waals surface area contributed by atoms with Gasteiger partial charge in [-0.25, -0.2) is 4.98 Å². The van der Waals surface area contributed by atoms with Crippen LogP contribution in [-0.4, -0.2) is 35.4 Å². The number of hydrogen-bond donors (Lipinski definition) is 2. The van der Waals surface area contributed by atoms with Crippen LogP contribution >= 0.6 is 11.3 Å². The van der Waals surface area contributed by atoms with Crippen molar-refractivity contribution in [1.29, 1.82) is 0 Å². The Morgan fingerprint density at radius 3 is 3.14 bits per heavy atom. The van der Waals surface area contributed by atoms with Crippen LogP contribution in [0.3, 0.4) is 0 Å². The van der Waals surface area contributed by atoms with Crippen LogP contribution in [0, 0.1) is 0 Å². The zero-order valence-electron chi connectivity index (χ0n) is 11.9. The van der Waals surface area contributed by atoms with Crippen molar-refractivity contribution in [2.24, 2.45) is 0 Å². The molecule has 1 aliphatic rings. The molecule has 110 valence electrons. The lowest BCUT2D eigenvalue weighted by Gasteiger charge is -2.24. The Hall–Kier alpha value is -1.92. The quantitative estimate of drug-likeness (QED) is 0.675. The molecule has 0 fully saturated rings. The Morgan fingerprint density at radius 1 is 1.52 bits per heavy atom. The van der Waals surface area contributed by atoms with E-state index in [0.29, 0.717) is 17.4 Å². The Kier molecular flexibility index (Phi) is 3.90. The van der Waals surface area contributed by atoms with Gasteiger partial charge in [-0.05, 0) is 31.5 Å². The largest absolute Gasteiger partial charge is 0.399 e. The lowest BCUT2D eigenvalue weighted by molar-refractivity contribution is -0.117. The zero-order valence-corrected chi connectivity index (χ0v) is 12.7. The number of nitrogens with zero attached hydrogens (tertiary/aromatic N) is 2. The van der Waals surface area contributed by atoms with Gasteiger partial charge in [-0.2, -0.15) is 0 Å². The van der Waals surface area contributed by atoms with E-state index in [1.165, 1.54) is 16.9 Å². The number of hydrogen-bond acceptors (Lipinski definition) is 5. The van der Waals surface area contributed by atoms with Gasteiger partial charge in [-0.3, -0.25) is 9.69 Å². The topological polar surface area (TPSA) is 71.2 Å². The summed E-state index contributed by atoms with van der Waals surface area (Å²) in [7, 11) is 0. The second-order valence-corrected chi connectivity index (χ2v) is 6.36. The van der Waals surface area contributed by atoms with Gasteiger partial charge in [0.1, 0.15) is 0 Å². The molecule has 0 aliphatic carbocycles. The van der Waals surface area contributed by atoms with Crippen molar-refractivity contribution >= 4 is 38.3 Å². The monoisotopic (exact) mass is 302 g/mol. The summed E-state index contributed by atoms with van der Waals surface area (Å²) in [5, 5.41) is 3.50. The van der Waals surface area contributed by atoms with Crippen LogP contribution in [0.15, 0.2) is 29.8 Å². The van der Waals surface area contributed by atoms with E-state index in [9.17, 15) is 4.79 Å². The summed E-state index contributed by atoms with van der Waals surface area (Å²) in [4.78, 5) is 18.6. The van der Waals surface area contributed by atoms with E-state index >= 15 is 0 Å². The van der Waals surface area contributed by atoms with Crippen molar-refractivity contribution in [3.8, 4) is 0 Å². The van der Waals surface area contributed by atoms with E-state index in [1.807, 2.05) is 18.2 Å². The maximum absolute atomic E-state index is 12.1. The number of fused-ring (bicyclic) bond motifs is 1. The van der Waals surface area contributed by atoms with Crippen molar-refractivity contribution in [3.63, 3.8) is 0 Å². The van der Waals surface area contributed by atoms with Gasteiger partial charge >= 0.3 is 0 Å². The molecular formula is C15H18N4OS. The number of nitrogens with two attached hydrogens (primary N) is 1. The van der Waals surface area contributed by atoms with E-state index in [2.05, 4.69) is 28.2 Å². The molecule has 0 radical (unpaired) electrons. The van der Waals surface area contributed by atoms with Crippen molar-refractivity contribution in [1.82, 2.24) is 9.88 Å². The molecule has 1 aromatic carbocycles. The van der Waals surface area contributed by atoms with Crippen LogP contribution in [-0.2, 0) is 4.79 Å². The maximum atomic E-state index is 12.1. The number of aromatic nitrogens is 1. The lowest BCUT2D eigenvalue weighted by Crippen LogP contribution is -2.36. The summed E-state index contributed by atoms with van der Waals surface area (Å²) < 4.78 is 0.988. The molecule has 0 saturated heterocycles. The number of rotatable bonds is 3. The van der Waals surface area contributed by atoms with Crippen LogP contribution in [0.2, 0.25) is 0 Å². The third kappa shape index (κ3) is 3.40. The van der Waals surface area contributed by atoms with Gasteiger partial charge in [0.15, 0.2) is 5.13 Å². The number of nitrogen functional groups attached to an aromatic ring is 1. The first-order valence-corrected chi connectivity index (χ1v) is 7.76. The number of carbonyl (C=O) groups excluding carboxylic acids is 1. The van der Waals surface area contributed by atoms with E-state index in [4.69, 9.17) is 5.73 Å². The summed E-state index contributed by atoms with van der Waals surface area (Å²) in [6, 6.07) is 5.56. The van der Waals surface area contributed by atoms with Crippen LogP contribution in [0.5, 0.6) is 0 Å². The first-order valence-electron chi connectivity index (χ1n) is 6.94. The third-order valence-electron chi connectivity index (χ3n) is 3.55. The molecule has 1 aromatic heterocycles. The normalized spacial score (nSPS) is 16.0. The molecule has 2 heterocycles. The highest BCUT2D eigenvalue weighted by Crippen LogP contribution is 2.27. The lowest BCUT2D eigenvalue weighted by atomic mass is 10.1. The zero-order chi connectivity index (χ0) is 14.8. The molecule has 0 spiro atoms. The van der Waals surface area contributed by atoms with Gasteiger partial charge in [0, 0.05) is 18.8 Å².